The molecule has 2 N–H and O–H groups in total. The van der Waals surface area contributed by atoms with Gasteiger partial charge in [0, 0.05) is 35.8 Å². The Bertz CT molecular complexity index is 1220. The van der Waals surface area contributed by atoms with Gasteiger partial charge in [0.2, 0.25) is 0 Å². The largest absolute Gasteiger partial charge is 0.478 e. The fourth-order valence-corrected chi connectivity index (χ4v) is 4.61. The number of pyridine rings is 1. The van der Waals surface area contributed by atoms with Crippen LogP contribution in [0, 0.1) is 0 Å². The van der Waals surface area contributed by atoms with Crippen LogP contribution in [-0.4, -0.2) is 51.1 Å². The van der Waals surface area contributed by atoms with Gasteiger partial charge in [-0.05, 0) is 44.4 Å². The Morgan fingerprint density at radius 1 is 1.24 bits per heavy atom. The van der Waals surface area contributed by atoms with E-state index in [9.17, 15) is 14.7 Å². The van der Waals surface area contributed by atoms with Crippen molar-refractivity contribution in [3.63, 3.8) is 0 Å². The minimum absolute atomic E-state index is 0.00270. The molecule has 0 bridgehead atoms. The van der Waals surface area contributed by atoms with Crippen LogP contribution in [0.25, 0.3) is 11.0 Å². The second-order valence-electron chi connectivity index (χ2n) is 8.10. The Kier molecular flexibility index (Phi) is 7.47. The Balaban J connectivity index is 1.68. The second-order valence-corrected chi connectivity index (χ2v) is 9.02. The second kappa shape index (κ2) is 10.5. The molecule has 1 fully saturated rings. The van der Waals surface area contributed by atoms with E-state index in [1.807, 2.05) is 18.5 Å². The van der Waals surface area contributed by atoms with Crippen LogP contribution in [0.1, 0.15) is 58.7 Å². The average molecular weight is 531 g/mol. The number of carbonyl (C=O) groups is 2. The molecule has 0 spiro atoms. The van der Waals surface area contributed by atoms with Crippen molar-refractivity contribution in [2.24, 2.45) is 0 Å². The third-order valence-corrected chi connectivity index (χ3v) is 6.36. The number of hydrogen-bond donors (Lipinski definition) is 2. The first kappa shape index (κ1) is 24.2. The lowest BCUT2D eigenvalue weighted by molar-refractivity contribution is 0.0472. The molecule has 2 aromatic heterocycles. The summed E-state index contributed by atoms with van der Waals surface area (Å²) < 4.78 is 13.5. The lowest BCUT2D eigenvalue weighted by atomic mass is 10.0. The van der Waals surface area contributed by atoms with E-state index in [-0.39, 0.29) is 23.8 Å². The molecule has 0 amide bonds. The number of benzene rings is 1. The summed E-state index contributed by atoms with van der Waals surface area (Å²) in [4.78, 5) is 29.1. The number of aryl methyl sites for hydroxylation is 2. The number of aromatic carboxylic acids is 1. The van der Waals surface area contributed by atoms with Gasteiger partial charge in [-0.25, -0.2) is 19.3 Å². The molecule has 0 saturated carbocycles. The average Bonchev–Trinajstić information content (AvgIpc) is 3.26. The smallest absolute Gasteiger partial charge is 0.338 e. The number of halogens is 1. The summed E-state index contributed by atoms with van der Waals surface area (Å²) in [6.45, 7) is 6.12. The Morgan fingerprint density at radius 2 is 1.97 bits per heavy atom. The quantitative estimate of drug-likeness (QED) is 0.411. The molecule has 10 heteroatoms. The van der Waals surface area contributed by atoms with Crippen molar-refractivity contribution >= 4 is 44.6 Å². The normalized spacial score (nSPS) is 14.3. The van der Waals surface area contributed by atoms with Crippen LogP contribution in [0.15, 0.2) is 28.9 Å². The molecule has 1 saturated heterocycles. The molecule has 0 atom stereocenters. The van der Waals surface area contributed by atoms with Crippen molar-refractivity contribution in [2.45, 2.75) is 52.3 Å². The Morgan fingerprint density at radius 3 is 2.65 bits per heavy atom. The number of anilines is 1. The number of carboxylic acids is 1. The zero-order chi connectivity index (χ0) is 24.2. The molecule has 34 heavy (non-hydrogen) atoms. The molecule has 0 unspecified atom stereocenters. The van der Waals surface area contributed by atoms with Gasteiger partial charge in [-0.3, -0.25) is 0 Å². The summed E-state index contributed by atoms with van der Waals surface area (Å²) in [7, 11) is 0. The Hall–Kier alpha value is -2.98. The number of esters is 1. The van der Waals surface area contributed by atoms with E-state index in [1.54, 1.807) is 12.3 Å². The SMILES string of the molecule is CCc1nc2c(cnn2CC)c(NC2CCOCC2)c1COC(=O)c1cc(Br)cc(C(=O)O)c1. The molecular formula is C24H27BrN4O5. The zero-order valence-corrected chi connectivity index (χ0v) is 20.7. The van der Waals surface area contributed by atoms with Gasteiger partial charge in [0.25, 0.3) is 0 Å². The van der Waals surface area contributed by atoms with Crippen LogP contribution in [0.5, 0.6) is 0 Å². The number of fused-ring (bicyclic) bond motifs is 1. The monoisotopic (exact) mass is 530 g/mol. The molecule has 0 aliphatic carbocycles. The maximum absolute atomic E-state index is 12.9. The summed E-state index contributed by atoms with van der Waals surface area (Å²) in [5, 5.41) is 18.3. The van der Waals surface area contributed by atoms with E-state index in [0.29, 0.717) is 30.7 Å². The number of hydrogen-bond acceptors (Lipinski definition) is 7. The molecule has 1 aromatic carbocycles. The maximum atomic E-state index is 12.9. The number of rotatable bonds is 8. The summed E-state index contributed by atoms with van der Waals surface area (Å²) in [5.74, 6) is -1.72. The first-order chi connectivity index (χ1) is 16.4. The molecular weight excluding hydrogens is 504 g/mol. The highest BCUT2D eigenvalue weighted by molar-refractivity contribution is 9.10. The molecule has 0 radical (unpaired) electrons. The first-order valence-corrected chi connectivity index (χ1v) is 12.1. The van der Waals surface area contributed by atoms with Gasteiger partial charge in [-0.15, -0.1) is 0 Å². The molecule has 180 valence electrons. The highest BCUT2D eigenvalue weighted by Crippen LogP contribution is 2.32. The third kappa shape index (κ3) is 5.07. The Labute approximate surface area is 205 Å². The van der Waals surface area contributed by atoms with Gasteiger partial charge in [0.15, 0.2) is 5.65 Å². The molecule has 1 aliphatic heterocycles. The predicted molar refractivity (Wildman–Crippen MR) is 130 cm³/mol. The lowest BCUT2D eigenvalue weighted by Crippen LogP contribution is -2.28. The topological polar surface area (TPSA) is 116 Å². The van der Waals surface area contributed by atoms with Gasteiger partial charge in [0.1, 0.15) is 6.61 Å². The van der Waals surface area contributed by atoms with Gasteiger partial charge in [0.05, 0.1) is 34.1 Å². The predicted octanol–water partition coefficient (Wildman–Crippen LogP) is 4.42. The first-order valence-electron chi connectivity index (χ1n) is 11.3. The number of ether oxygens (including phenoxy) is 2. The number of nitrogens with one attached hydrogen (secondary N) is 1. The minimum atomic E-state index is -1.12. The highest BCUT2D eigenvalue weighted by atomic mass is 79.9. The molecule has 1 aliphatic rings. The fourth-order valence-electron chi connectivity index (χ4n) is 4.12. The summed E-state index contributed by atoms with van der Waals surface area (Å²) in [5.41, 5.74) is 3.47. The zero-order valence-electron chi connectivity index (χ0n) is 19.1. The molecule has 9 nitrogen and oxygen atoms in total. The van der Waals surface area contributed by atoms with Crippen LogP contribution >= 0.6 is 15.9 Å². The van der Waals surface area contributed by atoms with E-state index >= 15 is 0 Å². The minimum Gasteiger partial charge on any atom is -0.478 e. The number of aromatic nitrogens is 3. The van der Waals surface area contributed by atoms with Crippen molar-refractivity contribution in [1.82, 2.24) is 14.8 Å². The number of carbonyl (C=O) groups excluding carboxylic acids is 1. The fraction of sp³-hybridized carbons (Fsp3) is 0.417. The van der Waals surface area contributed by atoms with Crippen LogP contribution < -0.4 is 5.32 Å². The summed E-state index contributed by atoms with van der Waals surface area (Å²) in [6.07, 6.45) is 4.21. The van der Waals surface area contributed by atoms with Crippen LogP contribution in [0.3, 0.4) is 0 Å². The van der Waals surface area contributed by atoms with E-state index in [4.69, 9.17) is 14.5 Å². The highest BCUT2D eigenvalue weighted by Gasteiger charge is 2.23. The molecule has 3 aromatic rings. The standard InChI is InChI=1S/C24H27BrN4O5/c1-3-20-19(13-34-24(32)15-9-14(23(30)31)10-16(25)11-15)21(27-17-5-7-33-8-6-17)18-12-26-29(4-2)22(18)28-20/h9-12,17H,3-8,13H2,1-2H3,(H,27,28)(H,30,31). The third-order valence-electron chi connectivity index (χ3n) is 5.90. The van der Waals surface area contributed by atoms with Crippen molar-refractivity contribution in [2.75, 3.05) is 18.5 Å². The van der Waals surface area contributed by atoms with Gasteiger partial charge < -0.3 is 19.9 Å². The summed E-state index contributed by atoms with van der Waals surface area (Å²) >= 11 is 3.26. The van der Waals surface area contributed by atoms with E-state index in [1.165, 1.54) is 12.1 Å². The van der Waals surface area contributed by atoms with Crippen molar-refractivity contribution in [3.05, 3.63) is 51.3 Å². The van der Waals surface area contributed by atoms with E-state index in [2.05, 4.69) is 26.3 Å². The lowest BCUT2D eigenvalue weighted by Gasteiger charge is -2.26. The molecule has 4 rings (SSSR count). The van der Waals surface area contributed by atoms with Crippen molar-refractivity contribution < 1.29 is 24.2 Å². The van der Waals surface area contributed by atoms with Crippen LogP contribution in [0.2, 0.25) is 0 Å². The molecule has 3 heterocycles. The maximum Gasteiger partial charge on any atom is 0.338 e. The number of nitrogens with zero attached hydrogens (tertiary/aromatic N) is 3. The van der Waals surface area contributed by atoms with Crippen LogP contribution in [0.4, 0.5) is 5.69 Å². The van der Waals surface area contributed by atoms with Gasteiger partial charge in [-0.1, -0.05) is 22.9 Å². The number of carboxylic acid groups (broad SMARTS) is 1. The summed E-state index contributed by atoms with van der Waals surface area (Å²) in [6, 6.07) is 4.52. The van der Waals surface area contributed by atoms with Crippen LogP contribution in [-0.2, 0) is 29.0 Å². The van der Waals surface area contributed by atoms with Gasteiger partial charge in [-0.2, -0.15) is 5.10 Å². The van der Waals surface area contributed by atoms with E-state index < -0.39 is 11.9 Å². The van der Waals surface area contributed by atoms with Crippen molar-refractivity contribution in [1.29, 1.82) is 0 Å². The van der Waals surface area contributed by atoms with Crippen molar-refractivity contribution in [3.8, 4) is 0 Å². The van der Waals surface area contributed by atoms with E-state index in [0.717, 1.165) is 40.8 Å². The van der Waals surface area contributed by atoms with Gasteiger partial charge >= 0.3 is 11.9 Å².